The molecule has 0 saturated carbocycles. The molecule has 9 nitrogen and oxygen atoms in total. The zero-order valence-corrected chi connectivity index (χ0v) is 11.4. The number of nitrogens with zero attached hydrogens (tertiary/aromatic N) is 4. The fraction of sp³-hybridized carbons (Fsp3) is 0.500. The van der Waals surface area contributed by atoms with Crippen molar-refractivity contribution in [3.05, 3.63) is 16.4 Å². The highest BCUT2D eigenvalue weighted by Gasteiger charge is 2.36. The van der Waals surface area contributed by atoms with Gasteiger partial charge in [0.2, 0.25) is 5.82 Å². The Kier molecular flexibility index (Phi) is 4.23. The first-order valence-electron chi connectivity index (χ1n) is 5.66. The summed E-state index contributed by atoms with van der Waals surface area (Å²) < 4.78 is 4.86. The van der Waals surface area contributed by atoms with Crippen molar-refractivity contribution in [1.29, 1.82) is 0 Å². The van der Waals surface area contributed by atoms with Crippen LogP contribution in [-0.4, -0.2) is 57.2 Å². The van der Waals surface area contributed by atoms with E-state index in [0.29, 0.717) is 18.1 Å². The monoisotopic (exact) mass is 300 g/mol. The van der Waals surface area contributed by atoms with Crippen molar-refractivity contribution in [1.82, 2.24) is 9.97 Å². The highest BCUT2D eigenvalue weighted by molar-refractivity contribution is 7.99. The van der Waals surface area contributed by atoms with Crippen LogP contribution in [-0.2, 0) is 4.79 Å². The number of nitro groups is 1. The zero-order chi connectivity index (χ0) is 14.7. The largest absolute Gasteiger partial charge is 0.480 e. The zero-order valence-electron chi connectivity index (χ0n) is 10.6. The first-order chi connectivity index (χ1) is 9.56. The Hall–Kier alpha value is -2.10. The predicted molar refractivity (Wildman–Crippen MR) is 71.3 cm³/mol. The van der Waals surface area contributed by atoms with Crippen molar-refractivity contribution in [2.75, 3.05) is 30.1 Å². The van der Waals surface area contributed by atoms with Crippen LogP contribution in [0.15, 0.2) is 6.33 Å². The minimum absolute atomic E-state index is 0.0189. The minimum atomic E-state index is -1.04. The summed E-state index contributed by atoms with van der Waals surface area (Å²) in [6.07, 6.45) is 1.13. The summed E-state index contributed by atoms with van der Waals surface area (Å²) in [6, 6.07) is -0.855. The Morgan fingerprint density at radius 1 is 1.65 bits per heavy atom. The third kappa shape index (κ3) is 2.59. The first kappa shape index (κ1) is 14.3. The van der Waals surface area contributed by atoms with Crippen molar-refractivity contribution < 1.29 is 19.6 Å². The van der Waals surface area contributed by atoms with Crippen LogP contribution in [0, 0.1) is 10.1 Å². The SMILES string of the molecule is COc1ncnc(N2CCSCC2C(=O)O)c1[N+](=O)[O-]. The van der Waals surface area contributed by atoms with Crippen LogP contribution in [0.1, 0.15) is 0 Å². The van der Waals surface area contributed by atoms with Crippen LogP contribution in [0.3, 0.4) is 0 Å². The van der Waals surface area contributed by atoms with Crippen molar-refractivity contribution in [2.45, 2.75) is 6.04 Å². The fourth-order valence-electron chi connectivity index (χ4n) is 1.94. The quantitative estimate of drug-likeness (QED) is 0.622. The molecule has 1 aromatic rings. The Morgan fingerprint density at radius 3 is 3.00 bits per heavy atom. The van der Waals surface area contributed by atoms with Gasteiger partial charge in [0.05, 0.1) is 12.0 Å². The molecule has 0 spiro atoms. The maximum Gasteiger partial charge on any atom is 0.372 e. The van der Waals surface area contributed by atoms with Gasteiger partial charge in [-0.3, -0.25) is 10.1 Å². The van der Waals surface area contributed by atoms with Gasteiger partial charge in [-0.1, -0.05) is 0 Å². The molecule has 1 saturated heterocycles. The first-order valence-corrected chi connectivity index (χ1v) is 6.82. The topological polar surface area (TPSA) is 119 Å². The van der Waals surface area contributed by atoms with Crippen molar-refractivity contribution in [2.24, 2.45) is 0 Å². The number of ether oxygens (including phenoxy) is 1. The van der Waals surface area contributed by atoms with Crippen molar-refractivity contribution in [3.8, 4) is 5.88 Å². The van der Waals surface area contributed by atoms with Gasteiger partial charge in [-0.25, -0.2) is 9.78 Å². The maximum atomic E-state index is 11.3. The second-order valence-corrected chi connectivity index (χ2v) is 5.08. The maximum absolute atomic E-state index is 11.3. The van der Waals surface area contributed by atoms with Gasteiger partial charge in [-0.15, -0.1) is 0 Å². The van der Waals surface area contributed by atoms with E-state index in [4.69, 9.17) is 4.74 Å². The molecule has 1 atom stereocenters. The molecule has 108 valence electrons. The number of aliphatic carboxylic acids is 1. The van der Waals surface area contributed by atoms with Gasteiger partial charge < -0.3 is 14.7 Å². The molecule has 0 radical (unpaired) electrons. The van der Waals surface area contributed by atoms with E-state index < -0.39 is 22.6 Å². The summed E-state index contributed by atoms with van der Waals surface area (Å²) in [4.78, 5) is 30.8. The summed E-state index contributed by atoms with van der Waals surface area (Å²) in [7, 11) is 1.26. The molecule has 2 rings (SSSR count). The average Bonchev–Trinajstić information content (AvgIpc) is 2.46. The number of thioether (sulfide) groups is 1. The number of carboxylic acids is 1. The molecule has 1 N–H and O–H groups in total. The second-order valence-electron chi connectivity index (χ2n) is 3.93. The number of rotatable bonds is 4. The number of carboxylic acid groups (broad SMARTS) is 1. The summed E-state index contributed by atoms with van der Waals surface area (Å²) in [5, 5.41) is 20.4. The lowest BCUT2D eigenvalue weighted by Gasteiger charge is -2.32. The molecule has 1 aliphatic rings. The Morgan fingerprint density at radius 2 is 2.40 bits per heavy atom. The highest BCUT2D eigenvalue weighted by Crippen LogP contribution is 2.35. The summed E-state index contributed by atoms with van der Waals surface area (Å²) in [5.74, 6) is -0.215. The van der Waals surface area contributed by atoms with E-state index in [2.05, 4.69) is 9.97 Å². The normalized spacial score (nSPS) is 18.6. The Balaban J connectivity index is 2.50. The van der Waals surface area contributed by atoms with Gasteiger partial charge in [0, 0.05) is 18.1 Å². The Bertz CT molecular complexity index is 540. The van der Waals surface area contributed by atoms with Crippen LogP contribution in [0.25, 0.3) is 0 Å². The van der Waals surface area contributed by atoms with Crippen LogP contribution < -0.4 is 9.64 Å². The van der Waals surface area contributed by atoms with Crippen LogP contribution >= 0.6 is 11.8 Å². The molecule has 1 unspecified atom stereocenters. The summed E-state index contributed by atoms with van der Waals surface area (Å²) in [6.45, 7) is 0.364. The summed E-state index contributed by atoms with van der Waals surface area (Å²) >= 11 is 1.49. The third-order valence-electron chi connectivity index (χ3n) is 2.83. The van der Waals surface area contributed by atoms with Gasteiger partial charge in [0.15, 0.2) is 0 Å². The van der Waals surface area contributed by atoms with Crippen molar-refractivity contribution >= 4 is 29.2 Å². The van der Waals surface area contributed by atoms with E-state index in [1.54, 1.807) is 0 Å². The third-order valence-corrected chi connectivity index (χ3v) is 3.85. The molecular weight excluding hydrogens is 288 g/mol. The molecule has 0 aromatic carbocycles. The molecule has 0 bridgehead atoms. The van der Waals surface area contributed by atoms with E-state index >= 15 is 0 Å². The van der Waals surface area contributed by atoms with Crippen LogP contribution in [0.2, 0.25) is 0 Å². The standard InChI is InChI=1S/C10H12N4O5S/c1-19-9-7(14(17)18)8(11-5-12-9)13-2-3-20-4-6(13)10(15)16/h5-6H,2-4H2,1H3,(H,15,16). The molecule has 1 aromatic heterocycles. The van der Waals surface area contributed by atoms with E-state index in [0.717, 1.165) is 6.33 Å². The van der Waals surface area contributed by atoms with Crippen LogP contribution in [0.5, 0.6) is 5.88 Å². The molecule has 1 aliphatic heterocycles. The molecule has 10 heteroatoms. The number of anilines is 1. The predicted octanol–water partition coefficient (Wildman–Crippen LogP) is 0.400. The van der Waals surface area contributed by atoms with E-state index in [9.17, 15) is 20.0 Å². The van der Waals surface area contributed by atoms with E-state index in [-0.39, 0.29) is 11.7 Å². The lowest BCUT2D eigenvalue weighted by atomic mass is 10.2. The van der Waals surface area contributed by atoms with Gasteiger partial charge in [-0.05, 0) is 0 Å². The Labute approximate surface area is 118 Å². The van der Waals surface area contributed by atoms with Gasteiger partial charge in [-0.2, -0.15) is 16.7 Å². The molecule has 0 amide bonds. The number of methoxy groups -OCH3 is 1. The van der Waals surface area contributed by atoms with Gasteiger partial charge >= 0.3 is 11.7 Å². The van der Waals surface area contributed by atoms with E-state index in [1.807, 2.05) is 0 Å². The van der Waals surface area contributed by atoms with Gasteiger partial charge in [0.25, 0.3) is 5.88 Å². The van der Waals surface area contributed by atoms with Crippen molar-refractivity contribution in [3.63, 3.8) is 0 Å². The summed E-state index contributed by atoms with van der Waals surface area (Å²) in [5.41, 5.74) is -0.409. The highest BCUT2D eigenvalue weighted by atomic mass is 32.2. The second kappa shape index (κ2) is 5.90. The van der Waals surface area contributed by atoms with E-state index in [1.165, 1.54) is 23.8 Å². The molecule has 2 heterocycles. The van der Waals surface area contributed by atoms with Gasteiger partial charge in [0.1, 0.15) is 12.4 Å². The lowest BCUT2D eigenvalue weighted by Crippen LogP contribution is -2.48. The number of aromatic nitrogens is 2. The van der Waals surface area contributed by atoms with Crippen LogP contribution in [0.4, 0.5) is 11.5 Å². The lowest BCUT2D eigenvalue weighted by molar-refractivity contribution is -0.385. The molecule has 20 heavy (non-hydrogen) atoms. The molecular formula is C10H12N4O5S. The number of hydrogen-bond acceptors (Lipinski definition) is 8. The smallest absolute Gasteiger partial charge is 0.372 e. The molecule has 0 aliphatic carbocycles. The number of carbonyl (C=O) groups is 1. The molecule has 1 fully saturated rings. The fourth-order valence-corrected chi connectivity index (χ4v) is 2.97. The number of hydrogen-bond donors (Lipinski definition) is 1. The minimum Gasteiger partial charge on any atom is -0.480 e. The average molecular weight is 300 g/mol.